The van der Waals surface area contributed by atoms with E-state index in [2.05, 4.69) is 9.83 Å². The van der Waals surface area contributed by atoms with Crippen LogP contribution in [0, 0.1) is 12.0 Å². The highest BCUT2D eigenvalue weighted by Crippen LogP contribution is 2.27. The Labute approximate surface area is 110 Å². The van der Waals surface area contributed by atoms with E-state index in [1.165, 1.54) is 18.2 Å². The third-order valence-corrected chi connectivity index (χ3v) is 2.00. The summed E-state index contributed by atoms with van der Waals surface area (Å²) in [7, 11) is 0. The Hall–Kier alpha value is -1.40. The molecule has 0 saturated carbocycles. The summed E-state index contributed by atoms with van der Waals surface area (Å²) in [6, 6.07) is 4.26. The summed E-state index contributed by atoms with van der Waals surface area (Å²) in [6.07, 6.45) is -2.63. The Kier molecular flexibility index (Phi) is 1.54. The van der Waals surface area contributed by atoms with Crippen molar-refractivity contribution in [3.63, 3.8) is 0 Å². The van der Waals surface area contributed by atoms with E-state index in [0.717, 1.165) is 0 Å². The Morgan fingerprint density at radius 2 is 2.31 bits per heavy atom. The van der Waals surface area contributed by atoms with Gasteiger partial charge in [0.1, 0.15) is 6.10 Å². The molecule has 16 heavy (non-hydrogen) atoms. The van der Waals surface area contributed by atoms with Crippen molar-refractivity contribution < 1.29 is 17.4 Å². The molecule has 86 valence electrons. The van der Waals surface area contributed by atoms with Gasteiger partial charge in [-0.1, -0.05) is 33.2 Å². The summed E-state index contributed by atoms with van der Waals surface area (Å²) in [5, 5.41) is 10.2. The van der Waals surface area contributed by atoms with Gasteiger partial charge < -0.3 is 9.95 Å². The third-order valence-electron chi connectivity index (χ3n) is 2.00. The van der Waals surface area contributed by atoms with E-state index in [1.54, 1.807) is 0 Å². The molecule has 1 atom stereocenters. The number of hydrogen-bond donors (Lipinski definition) is 1. The maximum absolute atomic E-state index is 10.2. The van der Waals surface area contributed by atoms with Crippen LogP contribution in [0.4, 0.5) is 5.82 Å². The van der Waals surface area contributed by atoms with Crippen LogP contribution in [0.3, 0.4) is 0 Å². The first-order valence-corrected chi connectivity index (χ1v) is 4.70. The minimum absolute atomic E-state index is 0.00489. The molecule has 1 rings (SSSR count). The third kappa shape index (κ3) is 4.00. The molecule has 3 nitrogen and oxygen atoms in total. The quantitative estimate of drug-likeness (QED) is 0.803. The molecule has 0 spiro atoms. The SMILES string of the molecule is [2H]C([2H])([2H])C(CCC(O)c1cccc([N+]#[C-])n1)(C([2H])([2H])[2H])C([2H])([2H])[2H]. The number of aromatic nitrogens is 1. The van der Waals surface area contributed by atoms with Crippen molar-refractivity contribution in [1.29, 1.82) is 0 Å². The Bertz CT molecular complexity index is 607. The number of pyridine rings is 1. The van der Waals surface area contributed by atoms with Gasteiger partial charge in [0.25, 0.3) is 5.82 Å². The van der Waals surface area contributed by atoms with Crippen LogP contribution in [0.2, 0.25) is 0 Å². The lowest BCUT2D eigenvalue weighted by Gasteiger charge is -2.19. The average molecular weight is 227 g/mol. The van der Waals surface area contributed by atoms with E-state index in [0.29, 0.717) is 0 Å². The molecule has 0 aliphatic carbocycles. The van der Waals surface area contributed by atoms with Crippen LogP contribution in [-0.2, 0) is 0 Å². The summed E-state index contributed by atoms with van der Waals surface area (Å²) in [5.41, 5.74) is -2.94. The summed E-state index contributed by atoms with van der Waals surface area (Å²) in [6.45, 7) is -3.00. The van der Waals surface area contributed by atoms with Crippen molar-refractivity contribution in [3.05, 3.63) is 35.3 Å². The van der Waals surface area contributed by atoms with Crippen LogP contribution in [0.25, 0.3) is 4.85 Å². The Morgan fingerprint density at radius 3 is 2.94 bits per heavy atom. The Morgan fingerprint density at radius 1 is 1.56 bits per heavy atom. The molecule has 3 heteroatoms. The van der Waals surface area contributed by atoms with E-state index in [4.69, 9.17) is 18.9 Å². The maximum atomic E-state index is 10.2. The first-order chi connectivity index (χ1) is 11.2. The van der Waals surface area contributed by atoms with E-state index in [-0.39, 0.29) is 11.5 Å². The number of hydrogen-bond acceptors (Lipinski definition) is 2. The lowest BCUT2D eigenvalue weighted by molar-refractivity contribution is 0.143. The van der Waals surface area contributed by atoms with Crippen molar-refractivity contribution in [2.24, 2.45) is 5.41 Å². The number of nitrogens with zero attached hydrogens (tertiary/aromatic N) is 2. The second kappa shape index (κ2) is 5.09. The summed E-state index contributed by atoms with van der Waals surface area (Å²) >= 11 is 0. The second-order valence-corrected chi connectivity index (χ2v) is 3.49. The predicted molar refractivity (Wildman–Crippen MR) is 64.1 cm³/mol. The molecule has 0 fully saturated rings. The first kappa shape index (κ1) is 4.85. The van der Waals surface area contributed by atoms with Gasteiger partial charge in [0.15, 0.2) is 5.69 Å². The van der Waals surface area contributed by atoms with Crippen LogP contribution in [0.1, 0.15) is 57.5 Å². The van der Waals surface area contributed by atoms with Crippen molar-refractivity contribution in [2.45, 2.75) is 39.5 Å². The molecule has 0 aliphatic heterocycles. The molecule has 0 bridgehead atoms. The molecule has 0 radical (unpaired) electrons. The molecular formula is C13H18N2O. The molecular weight excluding hydrogens is 200 g/mol. The van der Waals surface area contributed by atoms with Gasteiger partial charge in [0.05, 0.1) is 0 Å². The van der Waals surface area contributed by atoms with Crippen molar-refractivity contribution in [1.82, 2.24) is 4.98 Å². The minimum Gasteiger partial charge on any atom is -0.385 e. The average Bonchev–Trinajstić information content (AvgIpc) is 2.43. The van der Waals surface area contributed by atoms with Crippen LogP contribution < -0.4 is 0 Å². The zero-order valence-corrected chi connectivity index (χ0v) is 8.57. The molecule has 0 aliphatic rings. The minimum atomic E-state index is -3.30. The zero-order chi connectivity index (χ0) is 19.7. The smallest absolute Gasteiger partial charge is 0.269 e. The lowest BCUT2D eigenvalue weighted by atomic mass is 9.89. The fourth-order valence-corrected chi connectivity index (χ4v) is 1.19. The first-order valence-electron chi connectivity index (χ1n) is 9.20. The fourth-order valence-electron chi connectivity index (χ4n) is 1.19. The number of aliphatic hydroxyl groups excluding tert-OH is 1. The van der Waals surface area contributed by atoms with E-state index >= 15 is 0 Å². The summed E-state index contributed by atoms with van der Waals surface area (Å²) in [5.74, 6) is 0.00489. The van der Waals surface area contributed by atoms with Gasteiger partial charge in [0.2, 0.25) is 0 Å². The fraction of sp³-hybridized carbons (Fsp3) is 0.538. The summed E-state index contributed by atoms with van der Waals surface area (Å²) in [4.78, 5) is 6.95. The Balaban J connectivity index is 3.22. The van der Waals surface area contributed by atoms with Gasteiger partial charge in [0, 0.05) is 12.3 Å². The van der Waals surface area contributed by atoms with Gasteiger partial charge in [-0.05, 0) is 30.4 Å². The van der Waals surface area contributed by atoms with Gasteiger partial charge >= 0.3 is 0 Å². The van der Waals surface area contributed by atoms with Crippen LogP contribution in [-0.4, -0.2) is 10.1 Å². The highest BCUT2D eigenvalue weighted by atomic mass is 16.3. The molecule has 0 saturated heterocycles. The molecule has 1 unspecified atom stereocenters. The largest absolute Gasteiger partial charge is 0.385 e. The summed E-state index contributed by atoms with van der Waals surface area (Å²) < 4.78 is 67.8. The van der Waals surface area contributed by atoms with E-state index in [1.807, 2.05) is 0 Å². The monoisotopic (exact) mass is 227 g/mol. The molecule has 0 aromatic carbocycles. The van der Waals surface area contributed by atoms with Gasteiger partial charge in [-0.25, -0.2) is 0 Å². The van der Waals surface area contributed by atoms with Crippen LogP contribution in [0.15, 0.2) is 18.2 Å². The molecule has 1 heterocycles. The lowest BCUT2D eigenvalue weighted by Crippen LogP contribution is -2.09. The molecule has 1 aromatic rings. The van der Waals surface area contributed by atoms with Gasteiger partial charge in [-0.15, -0.1) is 4.98 Å². The van der Waals surface area contributed by atoms with Gasteiger partial charge in [-0.3, -0.25) is 0 Å². The molecule has 1 N–H and O–H groups in total. The standard InChI is InChI=1S/C13H18N2O/c1-13(2,3)9-8-11(16)10-6-5-7-12(14-4)15-10/h5-7,11,16H,8-9H2,1-3H3/i1D3,2D3,3D3. The van der Waals surface area contributed by atoms with E-state index < -0.39 is 44.9 Å². The second-order valence-electron chi connectivity index (χ2n) is 3.49. The topological polar surface area (TPSA) is 37.5 Å². The highest BCUT2D eigenvalue weighted by molar-refractivity contribution is 5.36. The highest BCUT2D eigenvalue weighted by Gasteiger charge is 2.17. The van der Waals surface area contributed by atoms with Gasteiger partial charge in [-0.2, -0.15) is 0 Å². The predicted octanol–water partition coefficient (Wildman–Crippen LogP) is 3.49. The van der Waals surface area contributed by atoms with Crippen molar-refractivity contribution >= 4 is 5.82 Å². The maximum Gasteiger partial charge on any atom is 0.269 e. The molecule has 0 amide bonds. The van der Waals surface area contributed by atoms with E-state index in [9.17, 15) is 5.11 Å². The number of aliphatic hydroxyl groups is 1. The number of rotatable bonds is 3. The van der Waals surface area contributed by atoms with Crippen LogP contribution in [0.5, 0.6) is 0 Å². The van der Waals surface area contributed by atoms with Crippen LogP contribution >= 0.6 is 0 Å². The van der Waals surface area contributed by atoms with Crippen molar-refractivity contribution in [2.75, 3.05) is 0 Å². The molecule has 1 aromatic heterocycles. The van der Waals surface area contributed by atoms with Crippen molar-refractivity contribution in [3.8, 4) is 0 Å². The zero-order valence-electron chi connectivity index (χ0n) is 17.6. The normalized spacial score (nSPS) is 23.9.